The van der Waals surface area contributed by atoms with E-state index in [1.165, 1.54) is 18.3 Å². The number of amides is 1. The van der Waals surface area contributed by atoms with E-state index in [0.29, 0.717) is 17.9 Å². The molecule has 0 aliphatic carbocycles. The Labute approximate surface area is 139 Å². The molecular formula is C14H11N9O2. The Morgan fingerprint density at radius 3 is 2.80 bits per heavy atom. The molecule has 0 saturated heterocycles. The number of anilines is 2. The molecule has 0 saturated carbocycles. The van der Waals surface area contributed by atoms with Gasteiger partial charge in [0.25, 0.3) is 5.56 Å². The zero-order valence-electron chi connectivity index (χ0n) is 12.7. The van der Waals surface area contributed by atoms with Crippen LogP contribution >= 0.6 is 0 Å². The summed E-state index contributed by atoms with van der Waals surface area (Å²) in [7, 11) is 0. The molecule has 25 heavy (non-hydrogen) atoms. The average Bonchev–Trinajstić information content (AvgIpc) is 2.61. The number of aromatic nitrogens is 4. The normalized spacial score (nSPS) is 10.2. The van der Waals surface area contributed by atoms with E-state index in [1.807, 2.05) is 0 Å². The third-order valence-corrected chi connectivity index (χ3v) is 3.23. The number of carbonyl (C=O) groups is 1. The second-order valence-electron chi connectivity index (χ2n) is 4.91. The van der Waals surface area contributed by atoms with Gasteiger partial charge in [-0.3, -0.25) is 14.6 Å². The van der Waals surface area contributed by atoms with Crippen molar-refractivity contribution < 1.29 is 4.79 Å². The number of azide groups is 1. The lowest BCUT2D eigenvalue weighted by molar-refractivity contribution is 0.100. The maximum atomic E-state index is 11.8. The molecule has 2 heterocycles. The molecule has 11 heteroatoms. The van der Waals surface area contributed by atoms with Gasteiger partial charge in [0.1, 0.15) is 0 Å². The zero-order valence-corrected chi connectivity index (χ0v) is 12.7. The summed E-state index contributed by atoms with van der Waals surface area (Å²) < 4.78 is 0. The van der Waals surface area contributed by atoms with Crippen molar-refractivity contribution in [3.63, 3.8) is 0 Å². The van der Waals surface area contributed by atoms with Crippen molar-refractivity contribution in [2.45, 2.75) is 6.54 Å². The van der Waals surface area contributed by atoms with Crippen LogP contribution in [0.3, 0.4) is 0 Å². The molecule has 1 aromatic carbocycles. The Morgan fingerprint density at radius 1 is 1.32 bits per heavy atom. The van der Waals surface area contributed by atoms with Gasteiger partial charge in [0.2, 0.25) is 11.9 Å². The molecule has 0 bridgehead atoms. The summed E-state index contributed by atoms with van der Waals surface area (Å²) in [5, 5.41) is 6.10. The predicted octanol–water partition coefficient (Wildman–Crippen LogP) is 1.36. The number of nitrogen functional groups attached to an aromatic ring is 1. The van der Waals surface area contributed by atoms with Gasteiger partial charge >= 0.3 is 0 Å². The first-order chi connectivity index (χ1) is 12.1. The highest BCUT2D eigenvalue weighted by Gasteiger charge is 2.07. The minimum atomic E-state index is -0.652. The highest BCUT2D eigenvalue weighted by molar-refractivity contribution is 5.95. The van der Waals surface area contributed by atoms with Crippen molar-refractivity contribution in [2.75, 3.05) is 11.1 Å². The summed E-state index contributed by atoms with van der Waals surface area (Å²) >= 11 is 0. The molecule has 0 aliphatic rings. The molecule has 4 N–H and O–H groups in total. The number of nitrogens with zero attached hydrogens (tertiary/aromatic N) is 6. The molecule has 0 aliphatic heterocycles. The number of fused-ring (bicyclic) bond motifs is 1. The van der Waals surface area contributed by atoms with Gasteiger partial charge in [-0.05, 0) is 34.9 Å². The Balaban J connectivity index is 1.75. The molecule has 0 atom stereocenters. The van der Waals surface area contributed by atoms with E-state index in [-0.39, 0.29) is 22.7 Å². The highest BCUT2D eigenvalue weighted by Crippen LogP contribution is 2.12. The lowest BCUT2D eigenvalue weighted by atomic mass is 10.2. The quantitative estimate of drug-likeness (QED) is 0.365. The van der Waals surface area contributed by atoms with E-state index in [1.54, 1.807) is 12.1 Å². The van der Waals surface area contributed by atoms with Crippen LogP contribution in [-0.2, 0) is 6.54 Å². The summed E-state index contributed by atoms with van der Waals surface area (Å²) in [4.78, 5) is 40.2. The molecule has 2 aromatic heterocycles. The fourth-order valence-electron chi connectivity index (χ4n) is 2.08. The first kappa shape index (κ1) is 15.9. The molecule has 0 fully saturated rings. The SMILES string of the molecule is [N-]=[N+]=NC(=O)c1ccc(NCc2cnc3nc(N)[nH]c(=O)c3n2)cc1. The van der Waals surface area contributed by atoms with Crippen molar-refractivity contribution in [2.24, 2.45) is 5.11 Å². The number of H-pyrrole nitrogens is 1. The summed E-state index contributed by atoms with van der Waals surface area (Å²) in [6.45, 7) is 0.302. The minimum Gasteiger partial charge on any atom is -0.379 e. The number of nitrogens with one attached hydrogen (secondary N) is 2. The number of hydrogen-bond donors (Lipinski definition) is 3. The van der Waals surface area contributed by atoms with Crippen LogP contribution in [0.5, 0.6) is 0 Å². The number of hydrogen-bond acceptors (Lipinski definition) is 7. The summed E-state index contributed by atoms with van der Waals surface area (Å²) in [6.07, 6.45) is 1.49. The topological polar surface area (TPSA) is 175 Å². The zero-order chi connectivity index (χ0) is 17.8. The van der Waals surface area contributed by atoms with E-state index in [9.17, 15) is 9.59 Å². The molecule has 0 spiro atoms. The fraction of sp³-hybridized carbons (Fsp3) is 0.0714. The van der Waals surface area contributed by atoms with Crippen LogP contribution in [0.15, 0.2) is 40.4 Å². The minimum absolute atomic E-state index is 0.0203. The molecule has 3 rings (SSSR count). The van der Waals surface area contributed by atoms with E-state index in [4.69, 9.17) is 11.3 Å². The summed E-state index contributed by atoms with van der Waals surface area (Å²) in [5.41, 5.74) is 15.0. The molecule has 1 amide bonds. The van der Waals surface area contributed by atoms with E-state index < -0.39 is 11.5 Å². The Bertz CT molecular complexity index is 1050. The number of aromatic amines is 1. The van der Waals surface area contributed by atoms with Gasteiger partial charge in [-0.2, -0.15) is 4.98 Å². The van der Waals surface area contributed by atoms with Gasteiger partial charge in [0.05, 0.1) is 18.4 Å². The average molecular weight is 337 g/mol. The van der Waals surface area contributed by atoms with E-state index in [2.05, 4.69) is 35.3 Å². The van der Waals surface area contributed by atoms with Crippen molar-refractivity contribution in [3.8, 4) is 0 Å². The van der Waals surface area contributed by atoms with Crippen LogP contribution in [0.4, 0.5) is 11.6 Å². The maximum Gasteiger partial charge on any atom is 0.280 e. The Kier molecular flexibility index (Phi) is 4.22. The lowest BCUT2D eigenvalue weighted by Gasteiger charge is -2.07. The molecular weight excluding hydrogens is 326 g/mol. The summed E-state index contributed by atoms with van der Waals surface area (Å²) in [5.74, 6) is -0.673. The third kappa shape index (κ3) is 3.51. The van der Waals surface area contributed by atoms with Crippen LogP contribution in [0.1, 0.15) is 16.1 Å². The van der Waals surface area contributed by atoms with Gasteiger partial charge in [-0.25, -0.2) is 9.97 Å². The summed E-state index contributed by atoms with van der Waals surface area (Å²) in [6, 6.07) is 6.37. The standard InChI is InChI=1S/C14H11N9O2/c15-14-20-11-10(13(25)21-14)19-9(6-18-11)5-17-8-3-1-7(2-4-8)12(24)22-23-16/h1-4,6,17H,5H2,(H3,15,18,20,21,25). The monoisotopic (exact) mass is 337 g/mol. The molecule has 3 aromatic rings. The van der Waals surface area contributed by atoms with Gasteiger partial charge in [-0.1, -0.05) is 0 Å². The Hall–Kier alpha value is -3.98. The molecule has 0 unspecified atom stereocenters. The van der Waals surface area contributed by atoms with E-state index in [0.717, 1.165) is 0 Å². The highest BCUT2D eigenvalue weighted by atomic mass is 16.1. The first-order valence-electron chi connectivity index (χ1n) is 7.01. The van der Waals surface area contributed by atoms with Crippen LogP contribution in [0, 0.1) is 0 Å². The van der Waals surface area contributed by atoms with Gasteiger partial charge in [0.15, 0.2) is 11.2 Å². The number of rotatable bonds is 4. The van der Waals surface area contributed by atoms with Crippen molar-refractivity contribution in [3.05, 3.63) is 62.5 Å². The van der Waals surface area contributed by atoms with Crippen molar-refractivity contribution >= 4 is 28.7 Å². The van der Waals surface area contributed by atoms with Gasteiger partial charge in [-0.15, -0.1) is 0 Å². The van der Waals surface area contributed by atoms with Crippen LogP contribution in [-0.4, -0.2) is 25.8 Å². The number of benzene rings is 1. The van der Waals surface area contributed by atoms with Gasteiger partial charge in [0, 0.05) is 16.2 Å². The first-order valence-corrected chi connectivity index (χ1v) is 7.01. The largest absolute Gasteiger partial charge is 0.379 e. The van der Waals surface area contributed by atoms with Crippen LogP contribution in [0.2, 0.25) is 0 Å². The number of carbonyl (C=O) groups excluding carboxylic acids is 1. The molecule has 124 valence electrons. The molecule has 11 nitrogen and oxygen atoms in total. The van der Waals surface area contributed by atoms with Gasteiger partial charge < -0.3 is 11.1 Å². The fourth-order valence-corrected chi connectivity index (χ4v) is 2.08. The lowest BCUT2D eigenvalue weighted by Crippen LogP contribution is -2.15. The van der Waals surface area contributed by atoms with Crippen molar-refractivity contribution in [1.82, 2.24) is 19.9 Å². The third-order valence-electron chi connectivity index (χ3n) is 3.23. The predicted molar refractivity (Wildman–Crippen MR) is 89.6 cm³/mol. The molecule has 0 radical (unpaired) electrons. The second-order valence-corrected chi connectivity index (χ2v) is 4.91. The number of nitrogens with two attached hydrogens (primary N) is 1. The Morgan fingerprint density at radius 2 is 2.08 bits per heavy atom. The smallest absolute Gasteiger partial charge is 0.280 e. The second kappa shape index (κ2) is 6.64. The van der Waals surface area contributed by atoms with E-state index >= 15 is 0 Å². The maximum absolute atomic E-state index is 11.8. The van der Waals surface area contributed by atoms with Crippen LogP contribution in [0.25, 0.3) is 21.6 Å². The van der Waals surface area contributed by atoms with Crippen molar-refractivity contribution in [1.29, 1.82) is 0 Å². The van der Waals surface area contributed by atoms with Crippen LogP contribution < -0.4 is 16.6 Å².